The van der Waals surface area contributed by atoms with Crippen LogP contribution in [0.25, 0.3) is 0 Å². The number of halogens is 2. The molecule has 0 radical (unpaired) electrons. The van der Waals surface area contributed by atoms with E-state index in [1.165, 1.54) is 0 Å². The minimum absolute atomic E-state index is 0.0411. The van der Waals surface area contributed by atoms with E-state index in [4.69, 9.17) is 5.11 Å². The van der Waals surface area contributed by atoms with Gasteiger partial charge in [0.15, 0.2) is 11.6 Å². The van der Waals surface area contributed by atoms with Crippen LogP contribution in [0.2, 0.25) is 0 Å². The second-order valence-corrected chi connectivity index (χ2v) is 6.63. The van der Waals surface area contributed by atoms with Crippen LogP contribution in [0.5, 0.6) is 0 Å². The van der Waals surface area contributed by atoms with Gasteiger partial charge < -0.3 is 5.11 Å². The molecule has 1 aliphatic rings. The van der Waals surface area contributed by atoms with Crippen LogP contribution >= 0.6 is 0 Å². The molecule has 2 rings (SSSR count). The van der Waals surface area contributed by atoms with Crippen LogP contribution < -0.4 is 0 Å². The molecule has 1 aliphatic heterocycles. The van der Waals surface area contributed by atoms with Crippen molar-refractivity contribution in [3.05, 3.63) is 29.8 Å². The van der Waals surface area contributed by atoms with Gasteiger partial charge in [0.25, 0.3) is 0 Å². The molecule has 110 valence electrons. The minimum Gasteiger partial charge on any atom is -0.480 e. The third kappa shape index (κ3) is 2.40. The Bertz CT molecular complexity index is 647. The van der Waals surface area contributed by atoms with Crippen LogP contribution in [-0.4, -0.2) is 36.4 Å². The van der Waals surface area contributed by atoms with E-state index in [0.29, 0.717) is 18.6 Å². The quantitative estimate of drug-likeness (QED) is 0.917. The number of carboxylic acids is 1. The van der Waals surface area contributed by atoms with Crippen molar-refractivity contribution in [1.29, 1.82) is 0 Å². The minimum atomic E-state index is -4.16. The van der Waals surface area contributed by atoms with Gasteiger partial charge in [-0.05, 0) is 30.5 Å². The number of benzene rings is 1. The topological polar surface area (TPSA) is 74.7 Å². The highest BCUT2D eigenvalue weighted by molar-refractivity contribution is 7.89. The standard InChI is InChI=1S/C12H13F2NO4S/c1-7-4-5-15(11(7)12(16)17)20(18,19)8-2-3-9(13)10(14)6-8/h2-3,6-7,11H,4-5H2,1H3,(H,16,17). The third-order valence-corrected chi connectivity index (χ3v) is 5.28. The van der Waals surface area contributed by atoms with Gasteiger partial charge in [-0.3, -0.25) is 4.79 Å². The number of sulfonamides is 1. The smallest absolute Gasteiger partial charge is 0.322 e. The SMILES string of the molecule is CC1CCN(S(=O)(=O)c2ccc(F)c(F)c2)C1C(=O)O. The zero-order valence-corrected chi connectivity index (χ0v) is 11.4. The molecule has 2 unspecified atom stereocenters. The number of rotatable bonds is 3. The molecular formula is C12H13F2NO4S. The molecule has 0 saturated carbocycles. The van der Waals surface area contributed by atoms with Crippen molar-refractivity contribution in [2.75, 3.05) is 6.54 Å². The first-order chi connectivity index (χ1) is 9.25. The van der Waals surface area contributed by atoms with E-state index in [0.717, 1.165) is 10.4 Å². The fraction of sp³-hybridized carbons (Fsp3) is 0.417. The Balaban J connectivity index is 2.44. The first kappa shape index (κ1) is 14.9. The largest absolute Gasteiger partial charge is 0.480 e. The van der Waals surface area contributed by atoms with Crippen LogP contribution in [0.15, 0.2) is 23.1 Å². The Morgan fingerprint density at radius 2 is 2.00 bits per heavy atom. The maximum absolute atomic E-state index is 13.2. The summed E-state index contributed by atoms with van der Waals surface area (Å²) in [6, 6.07) is 1.01. The van der Waals surface area contributed by atoms with E-state index in [2.05, 4.69) is 0 Å². The van der Waals surface area contributed by atoms with Crippen molar-refractivity contribution in [2.45, 2.75) is 24.3 Å². The summed E-state index contributed by atoms with van der Waals surface area (Å²) < 4.78 is 51.5. The molecule has 0 aliphatic carbocycles. The van der Waals surface area contributed by atoms with Crippen molar-refractivity contribution in [2.24, 2.45) is 5.92 Å². The van der Waals surface area contributed by atoms with Gasteiger partial charge in [-0.2, -0.15) is 4.31 Å². The molecule has 1 fully saturated rings. The number of carboxylic acid groups (broad SMARTS) is 1. The molecule has 2 atom stereocenters. The van der Waals surface area contributed by atoms with Gasteiger partial charge >= 0.3 is 5.97 Å². The summed E-state index contributed by atoms with van der Waals surface area (Å²) in [5.74, 6) is -4.03. The number of aliphatic carboxylic acids is 1. The Morgan fingerprint density at radius 1 is 1.35 bits per heavy atom. The highest BCUT2D eigenvalue weighted by Gasteiger charge is 2.44. The molecule has 1 heterocycles. The number of carbonyl (C=O) groups is 1. The molecular weight excluding hydrogens is 292 g/mol. The Labute approximate surface area is 114 Å². The Hall–Kier alpha value is -1.54. The van der Waals surface area contributed by atoms with Crippen LogP contribution in [0, 0.1) is 17.6 Å². The molecule has 20 heavy (non-hydrogen) atoms. The average molecular weight is 305 g/mol. The summed E-state index contributed by atoms with van der Waals surface area (Å²) in [6.45, 7) is 1.68. The Morgan fingerprint density at radius 3 is 2.55 bits per heavy atom. The van der Waals surface area contributed by atoms with Crippen LogP contribution in [0.1, 0.15) is 13.3 Å². The summed E-state index contributed by atoms with van der Waals surface area (Å²) in [5.41, 5.74) is 0. The highest BCUT2D eigenvalue weighted by Crippen LogP contribution is 2.30. The van der Waals surface area contributed by atoms with Crippen molar-refractivity contribution in [3.8, 4) is 0 Å². The lowest BCUT2D eigenvalue weighted by atomic mass is 10.0. The number of nitrogens with zero attached hydrogens (tertiary/aromatic N) is 1. The maximum atomic E-state index is 13.2. The summed E-state index contributed by atoms with van der Waals surface area (Å²) in [4.78, 5) is 10.7. The maximum Gasteiger partial charge on any atom is 0.322 e. The van der Waals surface area contributed by atoms with Gasteiger partial charge in [0.1, 0.15) is 6.04 Å². The van der Waals surface area contributed by atoms with E-state index < -0.39 is 38.6 Å². The molecule has 0 amide bonds. The van der Waals surface area contributed by atoms with E-state index in [9.17, 15) is 22.0 Å². The third-order valence-electron chi connectivity index (χ3n) is 3.40. The molecule has 0 spiro atoms. The predicted octanol–water partition coefficient (Wildman–Crippen LogP) is 1.45. The van der Waals surface area contributed by atoms with Crippen molar-refractivity contribution in [1.82, 2.24) is 4.31 Å². The van der Waals surface area contributed by atoms with Gasteiger partial charge in [0, 0.05) is 6.54 Å². The summed E-state index contributed by atoms with van der Waals surface area (Å²) in [7, 11) is -4.16. The van der Waals surface area contributed by atoms with Gasteiger partial charge in [-0.1, -0.05) is 6.92 Å². The second-order valence-electron chi connectivity index (χ2n) is 4.74. The zero-order valence-electron chi connectivity index (χ0n) is 10.6. The lowest BCUT2D eigenvalue weighted by Crippen LogP contribution is -2.42. The van der Waals surface area contributed by atoms with Gasteiger partial charge in [-0.15, -0.1) is 0 Å². The van der Waals surface area contributed by atoms with Crippen molar-refractivity contribution >= 4 is 16.0 Å². The summed E-state index contributed by atoms with van der Waals surface area (Å²) >= 11 is 0. The first-order valence-electron chi connectivity index (χ1n) is 5.95. The zero-order chi connectivity index (χ0) is 15.1. The van der Waals surface area contributed by atoms with Gasteiger partial charge in [-0.25, -0.2) is 17.2 Å². The number of hydrogen-bond donors (Lipinski definition) is 1. The molecule has 1 aromatic rings. The number of hydrogen-bond acceptors (Lipinski definition) is 3. The van der Waals surface area contributed by atoms with Gasteiger partial charge in [0.05, 0.1) is 4.90 Å². The summed E-state index contributed by atoms with van der Waals surface area (Å²) in [5, 5.41) is 9.12. The molecule has 1 saturated heterocycles. The Kier molecular flexibility index (Phi) is 3.79. The van der Waals surface area contributed by atoms with Gasteiger partial charge in [0.2, 0.25) is 10.0 Å². The normalized spacial score (nSPS) is 23.9. The summed E-state index contributed by atoms with van der Waals surface area (Å²) in [6.07, 6.45) is 0.403. The monoisotopic (exact) mass is 305 g/mol. The second kappa shape index (κ2) is 5.10. The lowest BCUT2D eigenvalue weighted by Gasteiger charge is -2.22. The van der Waals surface area contributed by atoms with E-state index in [1.54, 1.807) is 6.92 Å². The molecule has 1 aromatic carbocycles. The van der Waals surface area contributed by atoms with E-state index >= 15 is 0 Å². The first-order valence-corrected chi connectivity index (χ1v) is 7.39. The van der Waals surface area contributed by atoms with Crippen LogP contribution in [-0.2, 0) is 14.8 Å². The fourth-order valence-electron chi connectivity index (χ4n) is 2.32. The predicted molar refractivity (Wildman–Crippen MR) is 65.5 cm³/mol. The molecule has 1 N–H and O–H groups in total. The van der Waals surface area contributed by atoms with Crippen molar-refractivity contribution in [3.63, 3.8) is 0 Å². The van der Waals surface area contributed by atoms with E-state index in [-0.39, 0.29) is 12.5 Å². The molecule has 8 heteroatoms. The molecule has 5 nitrogen and oxygen atoms in total. The van der Waals surface area contributed by atoms with Crippen molar-refractivity contribution < 1.29 is 27.1 Å². The van der Waals surface area contributed by atoms with E-state index in [1.807, 2.05) is 0 Å². The molecule has 0 aromatic heterocycles. The average Bonchev–Trinajstić information content (AvgIpc) is 2.75. The molecule has 0 bridgehead atoms. The van der Waals surface area contributed by atoms with Crippen LogP contribution in [0.3, 0.4) is 0 Å². The highest BCUT2D eigenvalue weighted by atomic mass is 32.2. The van der Waals surface area contributed by atoms with Crippen LogP contribution in [0.4, 0.5) is 8.78 Å². The lowest BCUT2D eigenvalue weighted by molar-refractivity contribution is -0.141. The fourth-order valence-corrected chi connectivity index (χ4v) is 4.03.